The summed E-state index contributed by atoms with van der Waals surface area (Å²) >= 11 is 3.70. The van der Waals surface area contributed by atoms with Gasteiger partial charge in [0.25, 0.3) is 0 Å². The Morgan fingerprint density at radius 2 is 0.825 bits per heavy atom. The van der Waals surface area contributed by atoms with Crippen molar-refractivity contribution in [3.05, 3.63) is 182 Å². The molecule has 0 N–H and O–H groups in total. The largest absolute Gasteiger partial charge is 0.309 e. The van der Waals surface area contributed by atoms with Crippen LogP contribution in [0, 0.1) is 0 Å². The molecule has 12 rings (SSSR count). The third kappa shape index (κ3) is 5.08. The maximum Gasteiger partial charge on any atom is 0.164 e. The van der Waals surface area contributed by atoms with Crippen LogP contribution in [0.5, 0.6) is 0 Å². The van der Waals surface area contributed by atoms with Crippen LogP contribution in [0.4, 0.5) is 0 Å². The first-order valence-electron chi connectivity index (χ1n) is 19.0. The van der Waals surface area contributed by atoms with E-state index >= 15 is 0 Å². The summed E-state index contributed by atoms with van der Waals surface area (Å²) in [6.45, 7) is 0. The van der Waals surface area contributed by atoms with Gasteiger partial charge in [-0.15, -0.1) is 22.7 Å². The molecule has 0 fully saturated rings. The molecule has 8 aromatic carbocycles. The number of aromatic nitrogens is 4. The van der Waals surface area contributed by atoms with E-state index in [2.05, 4.69) is 126 Å². The number of fused-ring (bicyclic) bond motifs is 9. The van der Waals surface area contributed by atoms with Crippen molar-refractivity contribution in [3.8, 4) is 51.0 Å². The summed E-state index contributed by atoms with van der Waals surface area (Å²) in [5.41, 5.74) is 9.02. The van der Waals surface area contributed by atoms with Crippen molar-refractivity contribution < 1.29 is 0 Å². The summed E-state index contributed by atoms with van der Waals surface area (Å²) in [6, 6.07) is 64.9. The highest BCUT2D eigenvalue weighted by Gasteiger charge is 2.21. The lowest BCUT2D eigenvalue weighted by Crippen LogP contribution is -1.99. The molecule has 0 saturated heterocycles. The van der Waals surface area contributed by atoms with Crippen LogP contribution < -0.4 is 0 Å². The molecule has 0 radical (unpaired) electrons. The van der Waals surface area contributed by atoms with Gasteiger partial charge in [0.15, 0.2) is 17.5 Å². The topological polar surface area (TPSA) is 43.6 Å². The van der Waals surface area contributed by atoms with Gasteiger partial charge in [-0.1, -0.05) is 140 Å². The van der Waals surface area contributed by atoms with Crippen molar-refractivity contribution in [2.24, 2.45) is 0 Å². The van der Waals surface area contributed by atoms with Crippen molar-refractivity contribution in [1.82, 2.24) is 19.5 Å². The first-order valence-corrected chi connectivity index (χ1v) is 20.7. The van der Waals surface area contributed by atoms with Gasteiger partial charge in [0.2, 0.25) is 0 Å². The molecule has 266 valence electrons. The minimum atomic E-state index is 0.661. The average molecular weight is 763 g/mol. The van der Waals surface area contributed by atoms with E-state index in [9.17, 15) is 0 Å². The fraction of sp³-hybridized carbons (Fsp3) is 0. The van der Waals surface area contributed by atoms with Crippen molar-refractivity contribution in [2.45, 2.75) is 0 Å². The van der Waals surface area contributed by atoms with E-state index < -0.39 is 0 Å². The van der Waals surface area contributed by atoms with Gasteiger partial charge in [0.05, 0.1) is 16.7 Å². The van der Waals surface area contributed by atoms with Crippen molar-refractivity contribution in [3.63, 3.8) is 0 Å². The summed E-state index contributed by atoms with van der Waals surface area (Å²) in [7, 11) is 0. The molecular weight excluding hydrogens is 733 g/mol. The normalized spacial score (nSPS) is 11.9. The highest BCUT2D eigenvalue weighted by atomic mass is 32.1. The Morgan fingerprint density at radius 3 is 1.46 bits per heavy atom. The maximum atomic E-state index is 5.03. The molecule has 4 nitrogen and oxygen atoms in total. The Labute approximate surface area is 335 Å². The number of rotatable bonds is 5. The van der Waals surface area contributed by atoms with Gasteiger partial charge in [-0.2, -0.15) is 0 Å². The zero-order chi connectivity index (χ0) is 37.5. The van der Waals surface area contributed by atoms with Gasteiger partial charge in [-0.3, -0.25) is 0 Å². The highest BCUT2D eigenvalue weighted by molar-refractivity contribution is 7.26. The monoisotopic (exact) mass is 762 g/mol. The fourth-order valence-electron chi connectivity index (χ4n) is 8.57. The summed E-state index contributed by atoms with van der Waals surface area (Å²) < 4.78 is 7.49. The minimum Gasteiger partial charge on any atom is -0.309 e. The Balaban J connectivity index is 1.07. The average Bonchev–Trinajstić information content (AvgIpc) is 3.96. The highest BCUT2D eigenvalue weighted by Crippen LogP contribution is 2.48. The molecule has 0 bridgehead atoms. The molecule has 0 saturated carbocycles. The van der Waals surface area contributed by atoms with Gasteiger partial charge in [0, 0.05) is 67.8 Å². The first-order chi connectivity index (χ1) is 28.3. The summed E-state index contributed by atoms with van der Waals surface area (Å²) in [5.74, 6) is 1.98. The Kier molecular flexibility index (Phi) is 7.24. The second kappa shape index (κ2) is 12.8. The van der Waals surface area contributed by atoms with E-state index in [0.29, 0.717) is 17.5 Å². The second-order valence-corrected chi connectivity index (χ2v) is 16.5. The summed E-state index contributed by atoms with van der Waals surface area (Å²) in [6.07, 6.45) is 0. The molecule has 4 heterocycles. The molecule has 0 aliphatic carbocycles. The number of hydrogen-bond acceptors (Lipinski definition) is 5. The van der Waals surface area contributed by atoms with Crippen LogP contribution in [0.15, 0.2) is 182 Å². The molecule has 0 atom stereocenters. The lowest BCUT2D eigenvalue weighted by molar-refractivity contribution is 1.07. The Morgan fingerprint density at radius 1 is 0.333 bits per heavy atom. The zero-order valence-electron chi connectivity index (χ0n) is 30.4. The van der Waals surface area contributed by atoms with Crippen LogP contribution in [-0.4, -0.2) is 19.5 Å². The predicted octanol–water partition coefficient (Wildman–Crippen LogP) is 14.4. The molecule has 0 amide bonds. The van der Waals surface area contributed by atoms with Crippen LogP contribution >= 0.6 is 22.7 Å². The molecule has 0 aliphatic heterocycles. The van der Waals surface area contributed by atoms with Crippen molar-refractivity contribution >= 4 is 84.8 Å². The maximum absolute atomic E-state index is 5.03. The van der Waals surface area contributed by atoms with E-state index in [1.54, 1.807) is 0 Å². The Hall–Kier alpha value is -6.99. The lowest BCUT2D eigenvalue weighted by Gasteiger charge is -2.12. The molecule has 0 spiro atoms. The van der Waals surface area contributed by atoms with Crippen LogP contribution in [0.25, 0.3) is 113 Å². The van der Waals surface area contributed by atoms with Gasteiger partial charge in [0.1, 0.15) is 0 Å². The predicted molar refractivity (Wildman–Crippen MR) is 242 cm³/mol. The van der Waals surface area contributed by atoms with Gasteiger partial charge in [-0.25, -0.2) is 15.0 Å². The number of nitrogens with zero attached hydrogens (tertiary/aromatic N) is 4. The molecule has 0 unspecified atom stereocenters. The van der Waals surface area contributed by atoms with Crippen LogP contribution in [0.1, 0.15) is 0 Å². The standard InChI is InChI=1S/C51H30N4S2/c1-3-14-31(15-4-1)49-52-50(32-16-5-2-6-17-32)54-51(53-49)33-28-29-38-45(30-33)57-42-25-11-20-36(46(38)42)37-21-12-26-43-47(37)48-41(24-13-27-44(48)56-43)55-39-22-9-7-18-34(39)35-19-8-10-23-40(35)55/h1-30H. The molecule has 57 heavy (non-hydrogen) atoms. The number of para-hydroxylation sites is 2. The zero-order valence-corrected chi connectivity index (χ0v) is 32.1. The SMILES string of the molecule is c1ccc(-c2nc(-c3ccccc3)nc(-c3ccc4c(c3)sc3cccc(-c5cccc6sc7cccc(-n8c9ccccc9c9ccccc98)c7c56)c34)n2)cc1. The first kappa shape index (κ1) is 32.3. The quantitative estimate of drug-likeness (QED) is 0.175. The van der Waals surface area contributed by atoms with Gasteiger partial charge < -0.3 is 4.57 Å². The number of thiophene rings is 2. The van der Waals surface area contributed by atoms with E-state index in [-0.39, 0.29) is 0 Å². The fourth-order valence-corrected chi connectivity index (χ4v) is 10.9. The molecule has 4 aromatic heterocycles. The molecular formula is C51H30N4S2. The van der Waals surface area contributed by atoms with E-state index in [1.165, 1.54) is 79.0 Å². The summed E-state index contributed by atoms with van der Waals surface area (Å²) in [4.78, 5) is 15.0. The minimum absolute atomic E-state index is 0.661. The van der Waals surface area contributed by atoms with Crippen molar-refractivity contribution in [2.75, 3.05) is 0 Å². The van der Waals surface area contributed by atoms with Gasteiger partial charge in [-0.05, 0) is 53.6 Å². The smallest absolute Gasteiger partial charge is 0.164 e. The van der Waals surface area contributed by atoms with Crippen molar-refractivity contribution in [1.29, 1.82) is 0 Å². The van der Waals surface area contributed by atoms with Crippen LogP contribution in [0.2, 0.25) is 0 Å². The van der Waals surface area contributed by atoms with Crippen LogP contribution in [-0.2, 0) is 0 Å². The third-order valence-corrected chi connectivity index (χ3v) is 13.3. The van der Waals surface area contributed by atoms with Crippen LogP contribution in [0.3, 0.4) is 0 Å². The van der Waals surface area contributed by atoms with Gasteiger partial charge >= 0.3 is 0 Å². The lowest BCUT2D eigenvalue weighted by atomic mass is 9.95. The molecule has 0 aliphatic rings. The van der Waals surface area contributed by atoms with E-state index in [1.807, 2.05) is 83.3 Å². The molecule has 12 aromatic rings. The summed E-state index contributed by atoms with van der Waals surface area (Å²) in [5, 5.41) is 7.62. The van der Waals surface area contributed by atoms with E-state index in [0.717, 1.165) is 16.7 Å². The Bertz CT molecular complexity index is 3410. The molecule has 6 heteroatoms. The van der Waals surface area contributed by atoms with E-state index in [4.69, 9.17) is 15.0 Å². The number of hydrogen-bond donors (Lipinski definition) is 0. The third-order valence-electron chi connectivity index (χ3n) is 11.1. The number of benzene rings is 8. The second-order valence-electron chi connectivity index (χ2n) is 14.3.